The molecule has 0 aromatic heterocycles. The van der Waals surface area contributed by atoms with Gasteiger partial charge in [-0.3, -0.25) is 4.99 Å². The normalized spacial score (nSPS) is 15.7. The van der Waals surface area contributed by atoms with E-state index in [2.05, 4.69) is 4.99 Å². The van der Waals surface area contributed by atoms with Gasteiger partial charge in [-0.25, -0.2) is 0 Å². The molecule has 2 aromatic rings. The Balaban J connectivity index is 2.45. The molecule has 1 aliphatic carbocycles. The molecule has 2 heteroatoms. The zero-order valence-corrected chi connectivity index (χ0v) is 9.60. The van der Waals surface area contributed by atoms with Crippen molar-refractivity contribution in [2.24, 2.45) is 4.99 Å². The van der Waals surface area contributed by atoms with E-state index >= 15 is 0 Å². The molecule has 0 saturated heterocycles. The van der Waals surface area contributed by atoms with Crippen LogP contribution in [0.15, 0.2) is 41.4 Å². The summed E-state index contributed by atoms with van der Waals surface area (Å²) in [4.78, 5) is 4.40. The van der Waals surface area contributed by atoms with Gasteiger partial charge >= 0.3 is 0 Å². The van der Waals surface area contributed by atoms with E-state index in [1.54, 1.807) is 6.07 Å². The Bertz CT molecular complexity index is 653. The Kier molecular flexibility index (Phi) is 2.22. The molecule has 0 aliphatic heterocycles. The van der Waals surface area contributed by atoms with Crippen LogP contribution in [0, 0.1) is 0 Å². The summed E-state index contributed by atoms with van der Waals surface area (Å²) in [5, 5.41) is 14.2. The van der Waals surface area contributed by atoms with E-state index in [4.69, 9.17) is 0 Å². The predicted octanol–water partition coefficient (Wildman–Crippen LogP) is 2.75. The summed E-state index contributed by atoms with van der Waals surface area (Å²) in [5.74, 6) is 0.0569. The van der Waals surface area contributed by atoms with Gasteiger partial charge in [-0.15, -0.1) is 0 Å². The molecule has 3 rings (SSSR count). The first-order valence-corrected chi connectivity index (χ1v) is 5.77. The zero-order valence-electron chi connectivity index (χ0n) is 9.60. The smallest absolute Gasteiger partial charge is 0.0646 e. The van der Waals surface area contributed by atoms with Crippen molar-refractivity contribution in [2.75, 3.05) is 6.54 Å². The highest BCUT2D eigenvalue weighted by atomic mass is 16.3. The number of aliphatic imine (C=N–C) groups is 1. The van der Waals surface area contributed by atoms with E-state index in [0.29, 0.717) is 6.54 Å². The van der Waals surface area contributed by atoms with Crippen LogP contribution < -0.4 is 5.11 Å². The molecule has 0 radical (unpaired) electrons. The lowest BCUT2D eigenvalue weighted by Gasteiger charge is -2.21. The highest BCUT2D eigenvalue weighted by molar-refractivity contribution is 6.23. The molecule has 2 aromatic carbocycles. The predicted molar refractivity (Wildman–Crippen MR) is 69.5 cm³/mol. The first kappa shape index (κ1) is 10.1. The van der Waals surface area contributed by atoms with Crippen LogP contribution in [0.5, 0.6) is 5.75 Å². The summed E-state index contributed by atoms with van der Waals surface area (Å²) in [6.07, 6.45) is 3.96. The van der Waals surface area contributed by atoms with Gasteiger partial charge < -0.3 is 5.11 Å². The van der Waals surface area contributed by atoms with Gasteiger partial charge in [0.25, 0.3) is 0 Å². The van der Waals surface area contributed by atoms with Gasteiger partial charge in [-0.2, -0.15) is 0 Å². The number of hydrogen-bond donors (Lipinski definition) is 0. The second-order valence-electron chi connectivity index (χ2n) is 4.08. The van der Waals surface area contributed by atoms with Crippen LogP contribution in [0.1, 0.15) is 18.1 Å². The van der Waals surface area contributed by atoms with Crippen molar-refractivity contribution in [2.45, 2.75) is 6.92 Å². The largest absolute Gasteiger partial charge is 0.872 e. The third-order valence-electron chi connectivity index (χ3n) is 3.04. The quantitative estimate of drug-likeness (QED) is 0.730. The van der Waals surface area contributed by atoms with Crippen LogP contribution in [-0.4, -0.2) is 12.3 Å². The van der Waals surface area contributed by atoms with Gasteiger partial charge in [0.05, 0.1) is 5.71 Å². The molecule has 0 atom stereocenters. The lowest BCUT2D eigenvalue weighted by molar-refractivity contribution is -0.268. The number of hydrogen-bond acceptors (Lipinski definition) is 2. The fraction of sp³-hybridized carbons (Fsp3) is 0.133. The monoisotopic (exact) mass is 222 g/mol. The van der Waals surface area contributed by atoms with Crippen LogP contribution in [0.2, 0.25) is 0 Å². The summed E-state index contributed by atoms with van der Waals surface area (Å²) in [6, 6.07) is 9.59. The number of benzene rings is 2. The maximum Gasteiger partial charge on any atom is 0.0646 e. The fourth-order valence-electron chi connectivity index (χ4n) is 2.34. The summed E-state index contributed by atoms with van der Waals surface area (Å²) < 4.78 is 0. The number of nitrogens with zero attached hydrogens (tertiary/aromatic N) is 1. The van der Waals surface area contributed by atoms with E-state index in [1.807, 2.05) is 43.3 Å². The molecule has 0 amide bonds. The van der Waals surface area contributed by atoms with Crippen LogP contribution in [0.25, 0.3) is 16.8 Å². The number of allylic oxidation sites excluding steroid dienone is 1. The Labute approximate surface area is 99.9 Å². The van der Waals surface area contributed by atoms with Crippen LogP contribution in [0.3, 0.4) is 0 Å². The third kappa shape index (κ3) is 1.45. The van der Waals surface area contributed by atoms with Gasteiger partial charge in [-0.1, -0.05) is 42.2 Å². The van der Waals surface area contributed by atoms with Crippen molar-refractivity contribution in [1.82, 2.24) is 0 Å². The van der Waals surface area contributed by atoms with Gasteiger partial charge in [0.1, 0.15) is 0 Å². The highest BCUT2D eigenvalue weighted by Gasteiger charge is 2.13. The Morgan fingerprint density at radius 2 is 2.00 bits per heavy atom. The molecule has 0 saturated carbocycles. The van der Waals surface area contributed by atoms with Crippen LogP contribution >= 0.6 is 0 Å². The van der Waals surface area contributed by atoms with E-state index in [1.165, 1.54) is 0 Å². The van der Waals surface area contributed by atoms with Crippen molar-refractivity contribution in [1.29, 1.82) is 0 Å². The maximum atomic E-state index is 12.0. The van der Waals surface area contributed by atoms with Crippen molar-refractivity contribution in [3.8, 4) is 5.75 Å². The molecule has 0 fully saturated rings. The topological polar surface area (TPSA) is 35.4 Å². The molecule has 1 aliphatic rings. The molecular formula is C15H12NO-. The summed E-state index contributed by atoms with van der Waals surface area (Å²) in [7, 11) is 0. The van der Waals surface area contributed by atoms with Gasteiger partial charge in [0.2, 0.25) is 0 Å². The SMILES string of the molecule is CCN=C1C=Cc2cccc3ccc([O-])c1c23. The standard InChI is InChI=1S/C15H13NO/c1-2-16-12-8-6-10-4-3-5-11-7-9-13(17)15(12)14(10)11/h3-9,17H,2H2,1H3/p-1. The Hall–Kier alpha value is -2.09. The molecule has 0 spiro atoms. The molecule has 0 bridgehead atoms. The second kappa shape index (κ2) is 3.74. The van der Waals surface area contributed by atoms with Crippen molar-refractivity contribution in [3.63, 3.8) is 0 Å². The van der Waals surface area contributed by atoms with Crippen LogP contribution in [-0.2, 0) is 0 Å². The highest BCUT2D eigenvalue weighted by Crippen LogP contribution is 2.33. The first-order chi connectivity index (χ1) is 8.31. The summed E-state index contributed by atoms with van der Waals surface area (Å²) in [6.45, 7) is 2.67. The molecule has 0 N–H and O–H groups in total. The van der Waals surface area contributed by atoms with Crippen molar-refractivity contribution >= 4 is 22.6 Å². The molecule has 84 valence electrons. The Morgan fingerprint density at radius 3 is 2.82 bits per heavy atom. The molecule has 0 unspecified atom stereocenters. The average molecular weight is 222 g/mol. The minimum atomic E-state index is 0.0569. The first-order valence-electron chi connectivity index (χ1n) is 5.77. The van der Waals surface area contributed by atoms with E-state index in [9.17, 15) is 5.11 Å². The fourth-order valence-corrected chi connectivity index (χ4v) is 2.34. The third-order valence-corrected chi connectivity index (χ3v) is 3.04. The van der Waals surface area contributed by atoms with Crippen LogP contribution in [0.4, 0.5) is 0 Å². The molecule has 17 heavy (non-hydrogen) atoms. The second-order valence-corrected chi connectivity index (χ2v) is 4.08. The lowest BCUT2D eigenvalue weighted by atomic mass is 9.91. The zero-order chi connectivity index (χ0) is 11.8. The molecule has 0 heterocycles. The Morgan fingerprint density at radius 1 is 1.12 bits per heavy atom. The van der Waals surface area contributed by atoms with E-state index in [0.717, 1.165) is 27.6 Å². The van der Waals surface area contributed by atoms with Gasteiger partial charge in [-0.05, 0) is 29.3 Å². The molecule has 2 nitrogen and oxygen atoms in total. The van der Waals surface area contributed by atoms with Gasteiger partial charge in [0.15, 0.2) is 0 Å². The van der Waals surface area contributed by atoms with Crippen molar-refractivity contribution in [3.05, 3.63) is 47.5 Å². The lowest BCUT2D eigenvalue weighted by Crippen LogP contribution is -2.08. The number of rotatable bonds is 1. The van der Waals surface area contributed by atoms with E-state index in [-0.39, 0.29) is 5.75 Å². The average Bonchev–Trinajstić information content (AvgIpc) is 2.35. The minimum absolute atomic E-state index is 0.0569. The minimum Gasteiger partial charge on any atom is -0.872 e. The van der Waals surface area contributed by atoms with E-state index < -0.39 is 0 Å². The summed E-state index contributed by atoms with van der Waals surface area (Å²) >= 11 is 0. The van der Waals surface area contributed by atoms with Crippen molar-refractivity contribution < 1.29 is 5.11 Å². The maximum absolute atomic E-state index is 12.0. The molecular weight excluding hydrogens is 210 g/mol. The van der Waals surface area contributed by atoms with Gasteiger partial charge in [0, 0.05) is 12.1 Å². The summed E-state index contributed by atoms with van der Waals surface area (Å²) in [5.41, 5.74) is 2.66.